The Bertz CT molecular complexity index is 1580. The molecule has 4 atom stereocenters. The molecule has 0 bridgehead atoms. The normalized spacial score (nSPS) is 26.2. The molecule has 3 aliphatic carbocycles. The molecule has 1 aliphatic heterocycles. The van der Waals surface area contributed by atoms with Gasteiger partial charge in [0.15, 0.2) is 11.6 Å². The molecule has 0 aromatic heterocycles. The Labute approximate surface area is 231 Å². The minimum absolute atomic E-state index is 0.0435. The van der Waals surface area contributed by atoms with Gasteiger partial charge in [-0.1, -0.05) is 47.5 Å². The highest BCUT2D eigenvalue weighted by atomic mass is 35.5. The van der Waals surface area contributed by atoms with Crippen LogP contribution < -0.4 is 4.90 Å². The second-order valence-corrected chi connectivity index (χ2v) is 11.0. The van der Waals surface area contributed by atoms with Crippen molar-refractivity contribution in [3.8, 4) is 5.75 Å². The van der Waals surface area contributed by atoms with E-state index in [0.29, 0.717) is 51.4 Å². The standard InChI is InChI=1S/C32H26ClNO5/c1-3-5-17-6-4-7-21(30(17)37)26-20-12-13-22-27(23(20)15-24-25(35)14-16(2)29(36)28(24)26)32(39)34(31(22)38)19-10-8-18(33)9-11-19/h3-4,6-12,14,22-23,26-27,37H,1,5,13,15H2,2H3/t22-,23+,26+,27-/m0/s1. The number of fused-ring (bicyclic) bond motifs is 3. The van der Waals surface area contributed by atoms with Crippen LogP contribution in [0.5, 0.6) is 5.75 Å². The Morgan fingerprint density at radius 2 is 1.79 bits per heavy atom. The summed E-state index contributed by atoms with van der Waals surface area (Å²) in [6.07, 6.45) is 5.93. The van der Waals surface area contributed by atoms with Crippen molar-refractivity contribution in [2.75, 3.05) is 4.90 Å². The third-order valence-electron chi connectivity index (χ3n) is 8.48. The van der Waals surface area contributed by atoms with Crippen LogP contribution in [0.25, 0.3) is 0 Å². The van der Waals surface area contributed by atoms with Crippen LogP contribution in [0.4, 0.5) is 5.69 Å². The molecule has 6 rings (SSSR count). The number of carbonyl (C=O) groups is 4. The molecule has 1 heterocycles. The molecule has 6 nitrogen and oxygen atoms in total. The number of ketones is 2. The van der Waals surface area contributed by atoms with Crippen molar-refractivity contribution in [3.63, 3.8) is 0 Å². The van der Waals surface area contributed by atoms with Gasteiger partial charge in [0.1, 0.15) is 5.75 Å². The van der Waals surface area contributed by atoms with Crippen LogP contribution in [0.1, 0.15) is 36.8 Å². The zero-order valence-electron chi connectivity index (χ0n) is 21.3. The molecular formula is C32H26ClNO5. The largest absolute Gasteiger partial charge is 0.507 e. The maximum Gasteiger partial charge on any atom is 0.238 e. The summed E-state index contributed by atoms with van der Waals surface area (Å²) in [6, 6.07) is 11.9. The second-order valence-electron chi connectivity index (χ2n) is 10.6. The van der Waals surface area contributed by atoms with E-state index >= 15 is 0 Å². The number of Topliss-reactive ketones (excluding diaryl/α,β-unsaturated/α-hetero) is 1. The molecular weight excluding hydrogens is 514 g/mol. The van der Waals surface area contributed by atoms with Crippen LogP contribution >= 0.6 is 11.6 Å². The van der Waals surface area contributed by atoms with E-state index in [0.717, 1.165) is 5.57 Å². The highest BCUT2D eigenvalue weighted by molar-refractivity contribution is 6.31. The zero-order valence-corrected chi connectivity index (χ0v) is 22.1. The molecule has 0 radical (unpaired) electrons. The van der Waals surface area contributed by atoms with E-state index in [-0.39, 0.29) is 35.6 Å². The molecule has 1 fully saturated rings. The molecule has 0 spiro atoms. The third-order valence-corrected chi connectivity index (χ3v) is 8.73. The number of para-hydroxylation sites is 1. The van der Waals surface area contributed by atoms with Crippen molar-refractivity contribution in [2.24, 2.45) is 17.8 Å². The maximum absolute atomic E-state index is 13.9. The van der Waals surface area contributed by atoms with Gasteiger partial charge in [0.2, 0.25) is 11.8 Å². The lowest BCUT2D eigenvalue weighted by Gasteiger charge is -2.42. The quantitative estimate of drug-likeness (QED) is 0.319. The summed E-state index contributed by atoms with van der Waals surface area (Å²) in [5.74, 6) is -3.47. The summed E-state index contributed by atoms with van der Waals surface area (Å²) in [6.45, 7) is 5.39. The summed E-state index contributed by atoms with van der Waals surface area (Å²) in [5, 5.41) is 11.8. The number of rotatable bonds is 4. The third kappa shape index (κ3) is 3.77. The minimum atomic E-state index is -0.697. The van der Waals surface area contributed by atoms with Gasteiger partial charge in [-0.15, -0.1) is 6.58 Å². The fourth-order valence-electron chi connectivity index (χ4n) is 6.73. The summed E-state index contributed by atoms with van der Waals surface area (Å²) in [7, 11) is 0. The molecule has 2 amide bonds. The summed E-state index contributed by atoms with van der Waals surface area (Å²) >= 11 is 6.03. The lowest BCUT2D eigenvalue weighted by Crippen LogP contribution is -2.39. The number of phenolic OH excluding ortho intramolecular Hbond substituents is 1. The Morgan fingerprint density at radius 3 is 2.51 bits per heavy atom. The summed E-state index contributed by atoms with van der Waals surface area (Å²) in [4.78, 5) is 55.5. The number of halogens is 1. The number of hydrogen-bond donors (Lipinski definition) is 1. The van der Waals surface area contributed by atoms with Gasteiger partial charge in [0.25, 0.3) is 0 Å². The molecule has 4 aliphatic rings. The smallest absolute Gasteiger partial charge is 0.238 e. The number of imide groups is 1. The van der Waals surface area contributed by atoms with Crippen LogP contribution in [0.3, 0.4) is 0 Å². The summed E-state index contributed by atoms with van der Waals surface area (Å²) in [5.41, 5.74) is 3.49. The van der Waals surface area contributed by atoms with Crippen LogP contribution in [0.15, 0.2) is 89.6 Å². The number of nitrogens with zero attached hydrogens (tertiary/aromatic N) is 1. The molecule has 2 aromatic rings. The molecule has 1 saturated heterocycles. The van der Waals surface area contributed by atoms with Crippen LogP contribution in [-0.2, 0) is 25.6 Å². The predicted octanol–water partition coefficient (Wildman–Crippen LogP) is 5.41. The Kier molecular flexibility index (Phi) is 6.03. The van der Waals surface area contributed by atoms with E-state index in [4.69, 9.17) is 11.6 Å². The van der Waals surface area contributed by atoms with Gasteiger partial charge in [-0.3, -0.25) is 24.1 Å². The SMILES string of the molecule is C=CCc1cccc([C@H]2C3=CC[C@@H]4C(=O)N(c5ccc(Cl)cc5)C(=O)[C@@H]4[C@@H]3CC3=C2C(=O)C(C)=CC3=O)c1O. The zero-order chi connectivity index (χ0) is 27.6. The second kappa shape index (κ2) is 9.31. The number of phenols is 1. The van der Waals surface area contributed by atoms with Crippen LogP contribution in [0.2, 0.25) is 5.02 Å². The van der Waals surface area contributed by atoms with Gasteiger partial charge in [0, 0.05) is 33.2 Å². The fraction of sp³-hybridized carbons (Fsp3) is 0.250. The van der Waals surface area contributed by atoms with E-state index in [2.05, 4.69) is 6.58 Å². The van der Waals surface area contributed by atoms with Gasteiger partial charge >= 0.3 is 0 Å². The average Bonchev–Trinajstić information content (AvgIpc) is 3.18. The first-order valence-electron chi connectivity index (χ1n) is 13.0. The molecule has 2 aromatic carbocycles. The molecule has 0 saturated carbocycles. The lowest BCUT2D eigenvalue weighted by atomic mass is 9.59. The van der Waals surface area contributed by atoms with Crippen molar-refractivity contribution in [1.29, 1.82) is 0 Å². The Balaban J connectivity index is 1.50. The maximum atomic E-state index is 13.9. The number of aromatic hydroxyl groups is 1. The highest BCUT2D eigenvalue weighted by Crippen LogP contribution is 2.56. The van der Waals surface area contributed by atoms with E-state index in [1.54, 1.807) is 49.4 Å². The number of benzene rings is 2. The first kappa shape index (κ1) is 25.3. The average molecular weight is 540 g/mol. The minimum Gasteiger partial charge on any atom is -0.507 e. The Morgan fingerprint density at radius 1 is 1.05 bits per heavy atom. The number of anilines is 1. The van der Waals surface area contributed by atoms with E-state index in [1.165, 1.54) is 11.0 Å². The molecule has 39 heavy (non-hydrogen) atoms. The number of hydrogen-bond acceptors (Lipinski definition) is 5. The van der Waals surface area contributed by atoms with Crippen molar-refractivity contribution in [2.45, 2.75) is 32.1 Å². The highest BCUT2D eigenvalue weighted by Gasteiger charge is 2.56. The first-order chi connectivity index (χ1) is 18.7. The first-order valence-corrected chi connectivity index (χ1v) is 13.4. The van der Waals surface area contributed by atoms with E-state index in [1.807, 2.05) is 12.1 Å². The number of allylic oxidation sites excluding steroid dienone is 7. The van der Waals surface area contributed by atoms with Crippen molar-refractivity contribution in [3.05, 3.63) is 106 Å². The number of amides is 2. The predicted molar refractivity (Wildman–Crippen MR) is 147 cm³/mol. The lowest BCUT2D eigenvalue weighted by molar-refractivity contribution is -0.123. The molecule has 196 valence electrons. The van der Waals surface area contributed by atoms with Gasteiger partial charge in [-0.05, 0) is 68.0 Å². The van der Waals surface area contributed by atoms with E-state index in [9.17, 15) is 24.3 Å². The van der Waals surface area contributed by atoms with Gasteiger partial charge in [-0.2, -0.15) is 0 Å². The summed E-state index contributed by atoms with van der Waals surface area (Å²) < 4.78 is 0. The topological polar surface area (TPSA) is 91.8 Å². The number of carbonyl (C=O) groups excluding carboxylic acids is 4. The van der Waals surface area contributed by atoms with Crippen molar-refractivity contribution in [1.82, 2.24) is 0 Å². The van der Waals surface area contributed by atoms with Crippen LogP contribution in [0, 0.1) is 17.8 Å². The van der Waals surface area contributed by atoms with Crippen molar-refractivity contribution < 1.29 is 24.3 Å². The van der Waals surface area contributed by atoms with Gasteiger partial charge in [0.05, 0.1) is 17.5 Å². The van der Waals surface area contributed by atoms with Gasteiger partial charge in [-0.25, -0.2) is 0 Å². The van der Waals surface area contributed by atoms with E-state index < -0.39 is 23.7 Å². The molecule has 1 N–H and O–H groups in total. The molecule has 0 unspecified atom stereocenters. The Hall–Kier alpha value is -4.03. The monoisotopic (exact) mass is 539 g/mol. The fourth-order valence-corrected chi connectivity index (χ4v) is 6.85. The molecule has 7 heteroatoms. The van der Waals surface area contributed by atoms with Crippen molar-refractivity contribution >= 4 is 40.7 Å². The van der Waals surface area contributed by atoms with Gasteiger partial charge < -0.3 is 5.11 Å². The van der Waals surface area contributed by atoms with Crippen LogP contribution in [-0.4, -0.2) is 28.5 Å².